The molecule has 68 heavy (non-hydrogen) atoms. The van der Waals surface area contributed by atoms with Gasteiger partial charge in [0, 0.05) is 6.42 Å². The number of quaternary nitrogens is 1. The topological polar surface area (TPSA) is 105 Å². The van der Waals surface area contributed by atoms with Crippen molar-refractivity contribution in [3.63, 3.8) is 0 Å². The van der Waals surface area contributed by atoms with E-state index in [9.17, 15) is 19.4 Å². The van der Waals surface area contributed by atoms with Crippen molar-refractivity contribution >= 4 is 13.7 Å². The van der Waals surface area contributed by atoms with Crippen molar-refractivity contribution in [1.29, 1.82) is 0 Å². The summed E-state index contributed by atoms with van der Waals surface area (Å²) in [6.07, 6.45) is 67.5. The number of phosphoric ester groups is 1. The molecule has 8 nitrogen and oxygen atoms in total. The fraction of sp³-hybridized carbons (Fsp3) is 0.814. The Balaban J connectivity index is 4.30. The molecule has 0 aliphatic carbocycles. The highest BCUT2D eigenvalue weighted by Crippen LogP contribution is 2.43. The minimum absolute atomic E-state index is 0.0510. The van der Waals surface area contributed by atoms with Gasteiger partial charge in [-0.2, -0.15) is 0 Å². The highest BCUT2D eigenvalue weighted by atomic mass is 31.2. The summed E-state index contributed by atoms with van der Waals surface area (Å²) in [5.41, 5.74) is 0. The Hall–Kier alpha value is -1.80. The van der Waals surface area contributed by atoms with Gasteiger partial charge in [0.2, 0.25) is 5.91 Å². The maximum Gasteiger partial charge on any atom is 0.472 e. The lowest BCUT2D eigenvalue weighted by molar-refractivity contribution is -0.870. The molecule has 3 N–H and O–H groups in total. The second kappa shape index (κ2) is 50.2. The van der Waals surface area contributed by atoms with Gasteiger partial charge >= 0.3 is 7.82 Å². The number of amides is 1. The number of nitrogens with zero attached hydrogens (tertiary/aromatic N) is 1. The van der Waals surface area contributed by atoms with Gasteiger partial charge in [-0.3, -0.25) is 13.8 Å². The van der Waals surface area contributed by atoms with Gasteiger partial charge in [-0.1, -0.05) is 235 Å². The molecule has 0 saturated carbocycles. The number of carbonyl (C=O) groups excluding carboxylic acids is 1. The Morgan fingerprint density at radius 3 is 1.26 bits per heavy atom. The van der Waals surface area contributed by atoms with E-state index in [1.807, 2.05) is 27.2 Å². The maximum absolute atomic E-state index is 13.0. The molecule has 0 aromatic rings. The predicted octanol–water partition coefficient (Wildman–Crippen LogP) is 17.3. The fourth-order valence-electron chi connectivity index (χ4n) is 8.16. The zero-order valence-corrected chi connectivity index (χ0v) is 46.2. The average Bonchev–Trinajstić information content (AvgIpc) is 3.30. The first-order valence-electron chi connectivity index (χ1n) is 28.7. The van der Waals surface area contributed by atoms with Crippen molar-refractivity contribution in [3.8, 4) is 0 Å². The molecule has 0 aromatic carbocycles. The summed E-state index contributed by atoms with van der Waals surface area (Å²) in [4.78, 5) is 23.3. The molecule has 0 aliphatic rings. The molecule has 0 rings (SSSR count). The second-order valence-electron chi connectivity index (χ2n) is 20.6. The van der Waals surface area contributed by atoms with Gasteiger partial charge in [0.15, 0.2) is 0 Å². The lowest BCUT2D eigenvalue weighted by Gasteiger charge is -2.25. The minimum Gasteiger partial charge on any atom is -0.387 e. The molecule has 0 bridgehead atoms. The van der Waals surface area contributed by atoms with Crippen LogP contribution in [0.4, 0.5) is 0 Å². The van der Waals surface area contributed by atoms with E-state index >= 15 is 0 Å². The number of unbranched alkanes of at least 4 members (excludes halogenated alkanes) is 31. The summed E-state index contributed by atoms with van der Waals surface area (Å²) < 4.78 is 23.7. The third-order valence-electron chi connectivity index (χ3n) is 12.7. The third kappa shape index (κ3) is 52.0. The Morgan fingerprint density at radius 2 is 0.853 bits per heavy atom. The average molecular weight is 977 g/mol. The maximum atomic E-state index is 13.0. The summed E-state index contributed by atoms with van der Waals surface area (Å²) in [7, 11) is 1.54. The van der Waals surface area contributed by atoms with Crippen LogP contribution < -0.4 is 5.32 Å². The summed E-state index contributed by atoms with van der Waals surface area (Å²) in [6, 6.07) is -0.875. The van der Waals surface area contributed by atoms with E-state index < -0.39 is 20.0 Å². The van der Waals surface area contributed by atoms with Gasteiger partial charge in [-0.25, -0.2) is 4.57 Å². The number of carbonyl (C=O) groups is 1. The summed E-state index contributed by atoms with van der Waals surface area (Å²) in [6.45, 7) is 4.80. The number of phosphoric acid groups is 1. The Kier molecular flexibility index (Phi) is 48.8. The molecule has 3 atom stereocenters. The molecule has 0 fully saturated rings. The number of aliphatic hydroxyl groups excluding tert-OH is 1. The lowest BCUT2D eigenvalue weighted by Crippen LogP contribution is -2.45. The lowest BCUT2D eigenvalue weighted by atomic mass is 10.1. The highest BCUT2D eigenvalue weighted by molar-refractivity contribution is 7.47. The van der Waals surface area contributed by atoms with Crippen molar-refractivity contribution in [3.05, 3.63) is 60.8 Å². The van der Waals surface area contributed by atoms with Crippen LogP contribution in [0.5, 0.6) is 0 Å². The molecule has 0 radical (unpaired) electrons. The van der Waals surface area contributed by atoms with Crippen LogP contribution in [0.15, 0.2) is 60.8 Å². The van der Waals surface area contributed by atoms with Crippen LogP contribution in [0, 0.1) is 0 Å². The van der Waals surface area contributed by atoms with E-state index in [-0.39, 0.29) is 19.1 Å². The van der Waals surface area contributed by atoms with Gasteiger partial charge in [0.05, 0.1) is 39.9 Å². The SMILES string of the molecule is CCCCCCCCCCC/C=C\C/C=C\CCCCCCCCCCCC(=O)NC(COP(=O)(O)OCC[N+](C)(C)C)C(O)/C=C/CC/C=C/CC/C=C/CCCCCCCCCCCCC. The number of likely N-dealkylation sites (N-methyl/N-ethyl adjacent to an activating group) is 1. The molecule has 0 spiro atoms. The van der Waals surface area contributed by atoms with Crippen molar-refractivity contribution in [2.75, 3.05) is 40.9 Å². The van der Waals surface area contributed by atoms with Gasteiger partial charge in [0.25, 0.3) is 0 Å². The van der Waals surface area contributed by atoms with Crippen LogP contribution in [0.25, 0.3) is 0 Å². The van der Waals surface area contributed by atoms with E-state index in [1.165, 1.54) is 186 Å². The number of nitrogens with one attached hydrogen (secondary N) is 1. The monoisotopic (exact) mass is 976 g/mol. The highest BCUT2D eigenvalue weighted by Gasteiger charge is 2.27. The zero-order chi connectivity index (χ0) is 49.9. The van der Waals surface area contributed by atoms with Crippen LogP contribution in [0.1, 0.15) is 258 Å². The first kappa shape index (κ1) is 66.2. The van der Waals surface area contributed by atoms with E-state index in [4.69, 9.17) is 9.05 Å². The molecule has 9 heteroatoms. The Labute approximate surface area is 422 Å². The first-order chi connectivity index (χ1) is 33.0. The molecule has 1 amide bonds. The smallest absolute Gasteiger partial charge is 0.387 e. The summed E-state index contributed by atoms with van der Waals surface area (Å²) in [5, 5.41) is 13.9. The molecule has 0 aromatic heterocycles. The number of rotatable bonds is 52. The number of allylic oxidation sites excluding steroid dienone is 9. The fourth-order valence-corrected chi connectivity index (χ4v) is 8.90. The summed E-state index contributed by atoms with van der Waals surface area (Å²) in [5.74, 6) is -0.195. The summed E-state index contributed by atoms with van der Waals surface area (Å²) >= 11 is 0. The van der Waals surface area contributed by atoms with Crippen molar-refractivity contribution in [2.45, 2.75) is 270 Å². The first-order valence-corrected chi connectivity index (χ1v) is 30.2. The molecule has 0 saturated heterocycles. The van der Waals surface area contributed by atoms with Gasteiger partial charge in [0.1, 0.15) is 13.2 Å². The molecule has 398 valence electrons. The predicted molar refractivity (Wildman–Crippen MR) is 295 cm³/mol. The van der Waals surface area contributed by atoms with E-state index in [0.29, 0.717) is 17.4 Å². The van der Waals surface area contributed by atoms with Crippen LogP contribution in [0.3, 0.4) is 0 Å². The third-order valence-corrected chi connectivity index (χ3v) is 13.7. The Morgan fingerprint density at radius 1 is 0.500 bits per heavy atom. The zero-order valence-electron chi connectivity index (χ0n) is 45.3. The van der Waals surface area contributed by atoms with Crippen molar-refractivity contribution in [2.24, 2.45) is 0 Å². The van der Waals surface area contributed by atoms with Crippen LogP contribution in [0.2, 0.25) is 0 Å². The number of aliphatic hydroxyl groups is 1. The van der Waals surface area contributed by atoms with Gasteiger partial charge in [-0.05, 0) is 77.0 Å². The van der Waals surface area contributed by atoms with Crippen LogP contribution in [-0.4, -0.2) is 73.4 Å². The van der Waals surface area contributed by atoms with Crippen molar-refractivity contribution < 1.29 is 32.9 Å². The van der Waals surface area contributed by atoms with E-state index in [2.05, 4.69) is 67.8 Å². The second-order valence-corrected chi connectivity index (χ2v) is 22.1. The van der Waals surface area contributed by atoms with E-state index in [0.717, 1.165) is 51.4 Å². The number of hydrogen-bond donors (Lipinski definition) is 3. The molecular formula is C59H112N2O6P+. The molecule has 3 unspecified atom stereocenters. The quantitative estimate of drug-likeness (QED) is 0.0243. The van der Waals surface area contributed by atoms with Crippen LogP contribution >= 0.6 is 7.82 Å². The normalized spacial score (nSPS) is 14.4. The molecule has 0 heterocycles. The van der Waals surface area contributed by atoms with Crippen molar-refractivity contribution in [1.82, 2.24) is 5.32 Å². The minimum atomic E-state index is -4.36. The molecular weight excluding hydrogens is 864 g/mol. The molecule has 0 aliphatic heterocycles. The van der Waals surface area contributed by atoms with Crippen LogP contribution in [-0.2, 0) is 18.4 Å². The largest absolute Gasteiger partial charge is 0.472 e. The number of hydrogen-bond acceptors (Lipinski definition) is 5. The Bertz CT molecular complexity index is 1290. The standard InChI is InChI=1S/C59H111N2O6P/c1-6-8-10-12-14-16-18-20-22-24-26-28-29-30-31-33-35-37-39-41-43-45-47-49-51-53-59(63)60-57(56-67-68(64,65)66-55-54-61(3,4)5)58(62)52-50-48-46-44-42-40-38-36-34-32-27-25-23-21-19-17-15-13-11-9-7-2/h26,28,30-31,34,36,42,44,50,52,57-58,62H,6-25,27,29,32-33,35,37-41,43,45-49,51,53-56H2,1-5H3,(H-,60,63,64,65)/p+1/b28-26-,31-30-,36-34+,44-42+,52-50+. The van der Waals surface area contributed by atoms with Gasteiger partial charge < -0.3 is 19.8 Å². The van der Waals surface area contributed by atoms with Gasteiger partial charge in [-0.15, -0.1) is 0 Å². The van der Waals surface area contributed by atoms with E-state index in [1.54, 1.807) is 6.08 Å².